The number of thiazole rings is 1. The van der Waals surface area contributed by atoms with Gasteiger partial charge < -0.3 is 4.57 Å². The Morgan fingerprint density at radius 2 is 1.94 bits per heavy atom. The summed E-state index contributed by atoms with van der Waals surface area (Å²) in [5.74, 6) is 0.162. The maximum absolute atomic E-state index is 14.4. The van der Waals surface area contributed by atoms with Gasteiger partial charge in [0.2, 0.25) is 5.91 Å². The van der Waals surface area contributed by atoms with E-state index in [9.17, 15) is 4.79 Å². The number of aromatic nitrogens is 3. The van der Waals surface area contributed by atoms with Gasteiger partial charge in [-0.15, -0.1) is 12.4 Å². The van der Waals surface area contributed by atoms with E-state index < -0.39 is 5.41 Å². The number of imidazole rings is 1. The summed E-state index contributed by atoms with van der Waals surface area (Å²) < 4.78 is 3.19. The fourth-order valence-electron chi connectivity index (χ4n) is 5.14. The summed E-state index contributed by atoms with van der Waals surface area (Å²) in [6, 6.07) is 14.2. The number of anilines is 1. The SMILES string of the molecule is CCc1cccc2sc(N(CCCn3ccnc3)C(=O)C3(c4ccc(Cl)cc4)CCCC3)nc12.Cl. The van der Waals surface area contributed by atoms with Gasteiger partial charge in [-0.25, -0.2) is 9.97 Å². The Bertz CT molecular complexity index is 1260. The zero-order valence-corrected chi connectivity index (χ0v) is 22.2. The molecule has 0 atom stereocenters. The molecular formula is C27H30Cl2N4OS. The van der Waals surface area contributed by atoms with Crippen molar-refractivity contribution in [3.05, 3.63) is 77.3 Å². The number of halogens is 2. The van der Waals surface area contributed by atoms with E-state index in [1.807, 2.05) is 41.7 Å². The molecule has 1 amide bonds. The van der Waals surface area contributed by atoms with Crippen molar-refractivity contribution in [3.8, 4) is 0 Å². The zero-order valence-electron chi connectivity index (χ0n) is 19.8. The first-order valence-corrected chi connectivity index (χ1v) is 13.2. The van der Waals surface area contributed by atoms with Crippen molar-refractivity contribution in [1.29, 1.82) is 0 Å². The van der Waals surface area contributed by atoms with Crippen LogP contribution in [0.5, 0.6) is 0 Å². The number of rotatable bonds is 8. The summed E-state index contributed by atoms with van der Waals surface area (Å²) in [5.41, 5.74) is 2.78. The smallest absolute Gasteiger partial charge is 0.239 e. The van der Waals surface area contributed by atoms with Crippen molar-refractivity contribution in [1.82, 2.24) is 14.5 Å². The van der Waals surface area contributed by atoms with Gasteiger partial charge in [-0.1, -0.05) is 67.0 Å². The van der Waals surface area contributed by atoms with Gasteiger partial charge in [-0.2, -0.15) is 0 Å². The molecule has 2 aromatic carbocycles. The summed E-state index contributed by atoms with van der Waals surface area (Å²) in [5, 5.41) is 1.49. The van der Waals surface area contributed by atoms with Crippen LogP contribution < -0.4 is 4.90 Å². The van der Waals surface area contributed by atoms with Crippen LogP contribution in [0.4, 0.5) is 5.13 Å². The Labute approximate surface area is 221 Å². The van der Waals surface area contributed by atoms with E-state index in [0.717, 1.165) is 66.0 Å². The van der Waals surface area contributed by atoms with E-state index in [-0.39, 0.29) is 18.3 Å². The molecule has 4 aromatic rings. The molecule has 0 bridgehead atoms. The molecule has 5 rings (SSSR count). The number of carbonyl (C=O) groups is 1. The third kappa shape index (κ3) is 5.11. The monoisotopic (exact) mass is 528 g/mol. The Balaban J connectivity index is 0.00000289. The van der Waals surface area contributed by atoms with Crippen LogP contribution in [-0.2, 0) is 23.2 Å². The van der Waals surface area contributed by atoms with E-state index in [4.69, 9.17) is 16.6 Å². The minimum Gasteiger partial charge on any atom is -0.337 e. The number of hydrogen-bond donors (Lipinski definition) is 0. The second-order valence-corrected chi connectivity index (χ2v) is 10.5. The quantitative estimate of drug-likeness (QED) is 0.245. The lowest BCUT2D eigenvalue weighted by atomic mass is 9.77. The predicted octanol–water partition coefficient (Wildman–Crippen LogP) is 7.07. The molecule has 1 aliphatic carbocycles. The Morgan fingerprint density at radius 1 is 1.17 bits per heavy atom. The van der Waals surface area contributed by atoms with Gasteiger partial charge >= 0.3 is 0 Å². The Kier molecular flexibility index (Phi) is 8.15. The van der Waals surface area contributed by atoms with Gasteiger partial charge in [0.25, 0.3) is 0 Å². The van der Waals surface area contributed by atoms with Crippen molar-refractivity contribution in [3.63, 3.8) is 0 Å². The molecule has 35 heavy (non-hydrogen) atoms. The van der Waals surface area contributed by atoms with Gasteiger partial charge in [-0.3, -0.25) is 9.69 Å². The van der Waals surface area contributed by atoms with E-state index in [0.29, 0.717) is 11.6 Å². The third-order valence-corrected chi connectivity index (χ3v) is 8.26. The fraction of sp³-hybridized carbons (Fsp3) is 0.370. The molecule has 2 heterocycles. The average Bonchev–Trinajstić information content (AvgIpc) is 3.62. The van der Waals surface area contributed by atoms with Crippen LogP contribution in [0.3, 0.4) is 0 Å². The normalized spacial score (nSPS) is 14.7. The molecule has 184 valence electrons. The van der Waals surface area contributed by atoms with Gasteiger partial charge in [-0.05, 0) is 55.0 Å². The Hall–Kier alpha value is -2.41. The largest absolute Gasteiger partial charge is 0.337 e. The first-order chi connectivity index (χ1) is 16.6. The van der Waals surface area contributed by atoms with Crippen LogP contribution >= 0.6 is 35.3 Å². The highest BCUT2D eigenvalue weighted by Crippen LogP contribution is 2.44. The number of aryl methyl sites for hydroxylation is 2. The summed E-state index contributed by atoms with van der Waals surface area (Å²) in [4.78, 5) is 25.5. The molecule has 1 saturated carbocycles. The van der Waals surface area contributed by atoms with Crippen molar-refractivity contribution < 1.29 is 4.79 Å². The molecule has 5 nitrogen and oxygen atoms in total. The second kappa shape index (κ2) is 11.1. The third-order valence-electron chi connectivity index (χ3n) is 6.97. The van der Waals surface area contributed by atoms with Gasteiger partial charge in [0.15, 0.2) is 5.13 Å². The van der Waals surface area contributed by atoms with E-state index in [1.54, 1.807) is 17.5 Å². The summed E-state index contributed by atoms with van der Waals surface area (Å²) in [7, 11) is 0. The molecule has 1 aliphatic rings. The lowest BCUT2D eigenvalue weighted by Gasteiger charge is -2.34. The second-order valence-electron chi connectivity index (χ2n) is 9.02. The first-order valence-electron chi connectivity index (χ1n) is 12.0. The van der Waals surface area contributed by atoms with Gasteiger partial charge in [0.05, 0.1) is 22.0 Å². The number of hydrogen-bond acceptors (Lipinski definition) is 4. The van der Waals surface area contributed by atoms with Gasteiger partial charge in [0, 0.05) is 30.5 Å². The van der Waals surface area contributed by atoms with E-state index in [2.05, 4.69) is 34.7 Å². The summed E-state index contributed by atoms with van der Waals surface area (Å²) >= 11 is 7.80. The fourth-order valence-corrected chi connectivity index (χ4v) is 6.30. The lowest BCUT2D eigenvalue weighted by molar-refractivity contribution is -0.124. The van der Waals surface area contributed by atoms with Crippen molar-refractivity contribution in [2.75, 3.05) is 11.4 Å². The highest BCUT2D eigenvalue weighted by Gasteiger charge is 2.45. The highest BCUT2D eigenvalue weighted by molar-refractivity contribution is 7.22. The lowest BCUT2D eigenvalue weighted by Crippen LogP contribution is -2.46. The summed E-state index contributed by atoms with van der Waals surface area (Å²) in [6.07, 6.45) is 11.1. The molecule has 2 aromatic heterocycles. The number of carbonyl (C=O) groups excluding carboxylic acids is 1. The summed E-state index contributed by atoms with van der Waals surface area (Å²) in [6.45, 7) is 3.58. The molecule has 0 radical (unpaired) electrons. The number of nitrogens with zero attached hydrogens (tertiary/aromatic N) is 4. The van der Waals surface area contributed by atoms with E-state index in [1.165, 1.54) is 5.56 Å². The van der Waals surface area contributed by atoms with Crippen LogP contribution in [0.1, 0.15) is 50.2 Å². The number of benzene rings is 2. The number of fused-ring (bicyclic) bond motifs is 1. The average molecular weight is 530 g/mol. The van der Waals surface area contributed by atoms with Crippen LogP contribution in [0.15, 0.2) is 61.2 Å². The number of amides is 1. The van der Waals surface area contributed by atoms with Crippen LogP contribution in [-0.4, -0.2) is 27.0 Å². The molecule has 0 saturated heterocycles. The van der Waals surface area contributed by atoms with Crippen molar-refractivity contribution in [2.45, 2.75) is 57.4 Å². The molecule has 0 aliphatic heterocycles. The molecule has 0 spiro atoms. The maximum atomic E-state index is 14.4. The minimum atomic E-state index is -0.523. The van der Waals surface area contributed by atoms with E-state index >= 15 is 0 Å². The maximum Gasteiger partial charge on any atom is 0.239 e. The standard InChI is InChI=1S/C27H29ClN4OS.ClH/c1-2-20-7-5-8-23-24(20)30-26(34-23)32(17-6-16-31-18-15-29-19-31)25(33)27(13-3-4-14-27)21-9-11-22(28)12-10-21;/h5,7-12,15,18-19H,2-4,6,13-14,16-17H2,1H3;1H. The highest BCUT2D eigenvalue weighted by atomic mass is 35.5. The van der Waals surface area contributed by atoms with Crippen LogP contribution in [0.25, 0.3) is 10.2 Å². The number of para-hydroxylation sites is 1. The molecule has 0 N–H and O–H groups in total. The van der Waals surface area contributed by atoms with Crippen LogP contribution in [0.2, 0.25) is 5.02 Å². The molecule has 0 unspecified atom stereocenters. The Morgan fingerprint density at radius 3 is 2.63 bits per heavy atom. The topological polar surface area (TPSA) is 51.0 Å². The first kappa shape index (κ1) is 25.7. The van der Waals surface area contributed by atoms with Gasteiger partial charge in [0.1, 0.15) is 0 Å². The zero-order chi connectivity index (χ0) is 23.5. The van der Waals surface area contributed by atoms with Crippen molar-refractivity contribution in [2.24, 2.45) is 0 Å². The minimum absolute atomic E-state index is 0. The molecule has 1 fully saturated rings. The van der Waals surface area contributed by atoms with Crippen LogP contribution in [0, 0.1) is 0 Å². The molecular weight excluding hydrogens is 499 g/mol. The van der Waals surface area contributed by atoms with Crippen molar-refractivity contribution >= 4 is 56.6 Å². The molecule has 8 heteroatoms. The predicted molar refractivity (Wildman–Crippen MR) is 147 cm³/mol.